The molecule has 0 aliphatic carbocycles. The van der Waals surface area contributed by atoms with Gasteiger partial charge in [-0.15, -0.1) is 0 Å². The highest BCUT2D eigenvalue weighted by Gasteiger charge is 2.29. The molecule has 30 heavy (non-hydrogen) atoms. The van der Waals surface area contributed by atoms with E-state index < -0.39 is 15.9 Å². The van der Waals surface area contributed by atoms with Crippen molar-refractivity contribution in [3.8, 4) is 5.75 Å². The van der Waals surface area contributed by atoms with Crippen molar-refractivity contribution in [1.82, 2.24) is 9.29 Å². The molecule has 0 amide bonds. The maximum absolute atomic E-state index is 12.9. The van der Waals surface area contributed by atoms with E-state index in [-0.39, 0.29) is 35.9 Å². The van der Waals surface area contributed by atoms with Gasteiger partial charge in [0.25, 0.3) is 0 Å². The topological polar surface area (TPSA) is 101 Å². The fourth-order valence-electron chi connectivity index (χ4n) is 2.84. The zero-order valence-corrected chi connectivity index (χ0v) is 17.7. The van der Waals surface area contributed by atoms with Gasteiger partial charge in [0.05, 0.1) is 10.6 Å². The number of halogens is 2. The molecule has 1 aromatic heterocycles. The number of piperidine rings is 1. The van der Waals surface area contributed by atoms with Gasteiger partial charge in [0.15, 0.2) is 0 Å². The number of rotatable bonds is 7. The molecule has 2 aromatic rings. The first-order valence-electron chi connectivity index (χ1n) is 8.95. The van der Waals surface area contributed by atoms with Crippen LogP contribution in [0.25, 0.3) is 0 Å². The van der Waals surface area contributed by atoms with Gasteiger partial charge in [-0.3, -0.25) is 4.79 Å². The Bertz CT molecular complexity index is 1060. The number of sulfonamides is 1. The van der Waals surface area contributed by atoms with Crippen molar-refractivity contribution in [1.29, 1.82) is 0 Å². The highest BCUT2D eigenvalue weighted by Crippen LogP contribution is 2.28. The average Bonchev–Trinajstić information content (AvgIpc) is 2.68. The Hall–Kier alpha value is -2.36. The summed E-state index contributed by atoms with van der Waals surface area (Å²) < 4.78 is 56.9. The quantitative estimate of drug-likeness (QED) is 0.507. The lowest BCUT2D eigenvalue weighted by Gasteiger charge is -2.26. The molecular weight excluding hydrogens is 439 g/mol. The second-order valence-electron chi connectivity index (χ2n) is 6.53. The molecule has 0 saturated carbocycles. The molecule has 1 aliphatic rings. The number of alkyl halides is 2. The van der Waals surface area contributed by atoms with Gasteiger partial charge in [-0.1, -0.05) is 5.16 Å². The summed E-state index contributed by atoms with van der Waals surface area (Å²) in [6.45, 7) is 0.577. The first kappa shape index (κ1) is 22.3. The summed E-state index contributed by atoms with van der Waals surface area (Å²) in [4.78, 5) is 19.0. The first-order chi connectivity index (χ1) is 14.1. The molecule has 1 N–H and O–H groups in total. The maximum Gasteiger partial charge on any atom is 0.408 e. The first-order valence-corrected chi connectivity index (χ1v) is 11.0. The van der Waals surface area contributed by atoms with Crippen LogP contribution < -0.4 is 10.3 Å². The van der Waals surface area contributed by atoms with Crippen LogP contribution in [0.2, 0.25) is 0 Å². The number of hydrogen-bond acceptors (Lipinski definition) is 6. The third kappa shape index (κ3) is 6.07. The molecule has 0 spiro atoms. The van der Waals surface area contributed by atoms with Gasteiger partial charge in [0.1, 0.15) is 12.4 Å². The number of nitrogens with one attached hydrogen (secondary N) is 1. The third-order valence-electron chi connectivity index (χ3n) is 4.28. The van der Waals surface area contributed by atoms with E-state index >= 15 is 0 Å². The van der Waals surface area contributed by atoms with Gasteiger partial charge in [-0.25, -0.2) is 8.42 Å². The number of oxime groups is 1. The lowest BCUT2D eigenvalue weighted by Crippen LogP contribution is -2.38. The highest BCUT2D eigenvalue weighted by atomic mass is 32.2. The van der Waals surface area contributed by atoms with E-state index in [2.05, 4.69) is 14.9 Å². The monoisotopic (exact) mass is 459 g/mol. The third-order valence-corrected chi connectivity index (χ3v) is 6.31. The highest BCUT2D eigenvalue weighted by molar-refractivity contribution is 7.89. The summed E-state index contributed by atoms with van der Waals surface area (Å²) in [6.07, 6.45) is 2.31. The van der Waals surface area contributed by atoms with Crippen LogP contribution in [-0.4, -0.2) is 42.4 Å². The standard InChI is InChI=1S/C18H20F2N3O5PS/c19-18(20,29)28-15-1-3-16(4-2-15)30(25,26)23-9-6-14(7-10-23)22-27-12-13-5-8-21-17(24)11-13/h1-5,8,11H,6-7,9-10,12,29H2,(H,21,24). The second kappa shape index (κ2) is 9.20. The van der Waals surface area contributed by atoms with Crippen molar-refractivity contribution in [2.75, 3.05) is 13.1 Å². The molecule has 1 aliphatic heterocycles. The fraction of sp³-hybridized carbons (Fsp3) is 0.333. The number of benzene rings is 1. The van der Waals surface area contributed by atoms with E-state index in [1.807, 2.05) is 0 Å². The van der Waals surface area contributed by atoms with E-state index in [1.165, 1.54) is 50.1 Å². The van der Waals surface area contributed by atoms with Crippen LogP contribution in [0.15, 0.2) is 57.4 Å². The van der Waals surface area contributed by atoms with Crippen LogP contribution in [0.3, 0.4) is 0 Å². The van der Waals surface area contributed by atoms with E-state index in [4.69, 9.17) is 4.84 Å². The van der Waals surface area contributed by atoms with Gasteiger partial charge in [-0.05, 0) is 45.1 Å². The maximum atomic E-state index is 12.9. The molecule has 1 aromatic carbocycles. The van der Waals surface area contributed by atoms with Crippen LogP contribution in [0, 0.1) is 0 Å². The van der Waals surface area contributed by atoms with Crippen LogP contribution in [0.4, 0.5) is 8.78 Å². The predicted molar refractivity (Wildman–Crippen MR) is 109 cm³/mol. The van der Waals surface area contributed by atoms with Gasteiger partial charge in [0.2, 0.25) is 15.6 Å². The second-order valence-corrected chi connectivity index (χ2v) is 9.14. The van der Waals surface area contributed by atoms with Crippen molar-refractivity contribution in [3.63, 3.8) is 0 Å². The summed E-state index contributed by atoms with van der Waals surface area (Å²) in [6, 6.07) is 7.94. The zero-order chi connectivity index (χ0) is 21.8. The Morgan fingerprint density at radius 3 is 2.43 bits per heavy atom. The normalized spacial score (nSPS) is 15.6. The average molecular weight is 459 g/mol. The Kier molecular flexibility index (Phi) is 6.84. The number of aromatic nitrogens is 1. The van der Waals surface area contributed by atoms with E-state index in [0.29, 0.717) is 18.4 Å². The summed E-state index contributed by atoms with van der Waals surface area (Å²) in [5.41, 5.74) is 1.16. The number of hydrogen-bond donors (Lipinski definition) is 1. The van der Waals surface area contributed by atoms with Gasteiger partial charge < -0.3 is 14.6 Å². The summed E-state index contributed by atoms with van der Waals surface area (Å²) in [7, 11) is -2.51. The lowest BCUT2D eigenvalue weighted by atomic mass is 10.1. The Labute approximate surface area is 174 Å². The van der Waals surface area contributed by atoms with Gasteiger partial charge in [0, 0.05) is 38.2 Å². The van der Waals surface area contributed by atoms with Crippen molar-refractivity contribution in [2.24, 2.45) is 5.16 Å². The number of aromatic amines is 1. The SMILES string of the molecule is O=c1cc(CON=C2CCN(S(=O)(=O)c3ccc(OC(F)(F)P)cc3)CC2)cc[nH]1. The van der Waals surface area contributed by atoms with Crippen molar-refractivity contribution >= 4 is 25.0 Å². The predicted octanol–water partition coefficient (Wildman–Crippen LogP) is 2.54. The molecular formula is C18H20F2N3O5PS. The van der Waals surface area contributed by atoms with Gasteiger partial charge >= 0.3 is 5.85 Å². The summed E-state index contributed by atoms with van der Waals surface area (Å²) in [5.74, 6) is -3.57. The fourth-order valence-corrected chi connectivity index (χ4v) is 4.42. The molecule has 1 atom stereocenters. The smallest absolute Gasteiger partial charge is 0.408 e. The molecule has 1 saturated heterocycles. The number of ether oxygens (including phenoxy) is 1. The zero-order valence-electron chi connectivity index (χ0n) is 15.8. The molecule has 1 fully saturated rings. The minimum atomic E-state index is -3.76. The van der Waals surface area contributed by atoms with Crippen molar-refractivity contribution < 1.29 is 26.8 Å². The molecule has 12 heteroatoms. The molecule has 162 valence electrons. The lowest BCUT2D eigenvalue weighted by molar-refractivity contribution is -0.0892. The van der Waals surface area contributed by atoms with Crippen molar-refractivity contribution in [3.05, 3.63) is 58.5 Å². The number of pyridine rings is 1. The van der Waals surface area contributed by atoms with E-state index in [0.717, 1.165) is 5.71 Å². The van der Waals surface area contributed by atoms with E-state index in [1.54, 1.807) is 6.07 Å². The molecule has 0 bridgehead atoms. The Morgan fingerprint density at radius 1 is 1.17 bits per heavy atom. The summed E-state index contributed by atoms with van der Waals surface area (Å²) in [5, 5.41) is 4.04. The Morgan fingerprint density at radius 2 is 1.83 bits per heavy atom. The summed E-state index contributed by atoms with van der Waals surface area (Å²) >= 11 is 0. The molecule has 8 nitrogen and oxygen atoms in total. The molecule has 0 radical (unpaired) electrons. The van der Waals surface area contributed by atoms with Crippen LogP contribution in [0.1, 0.15) is 18.4 Å². The minimum absolute atomic E-state index is 0.00661. The molecule has 2 heterocycles. The van der Waals surface area contributed by atoms with Crippen LogP contribution >= 0.6 is 9.24 Å². The van der Waals surface area contributed by atoms with Crippen LogP contribution in [0.5, 0.6) is 5.75 Å². The minimum Gasteiger partial charge on any atom is -0.430 e. The number of nitrogens with zero attached hydrogens (tertiary/aromatic N) is 2. The largest absolute Gasteiger partial charge is 0.430 e. The van der Waals surface area contributed by atoms with Gasteiger partial charge in [-0.2, -0.15) is 13.1 Å². The van der Waals surface area contributed by atoms with Crippen molar-refractivity contribution in [2.45, 2.75) is 30.2 Å². The van der Waals surface area contributed by atoms with Crippen LogP contribution in [-0.2, 0) is 21.5 Å². The Balaban J connectivity index is 1.56. The number of H-pyrrole nitrogens is 1. The van der Waals surface area contributed by atoms with E-state index in [9.17, 15) is 22.0 Å². The molecule has 1 unspecified atom stereocenters. The molecule has 3 rings (SSSR count).